The summed E-state index contributed by atoms with van der Waals surface area (Å²) in [7, 11) is 0. The highest BCUT2D eigenvalue weighted by Crippen LogP contribution is 2.20. The molecule has 3 aromatic rings. The Morgan fingerprint density at radius 3 is 2.35 bits per heavy atom. The molecular weight excluding hydrogens is 428 g/mol. The van der Waals surface area contributed by atoms with E-state index in [1.165, 1.54) is 0 Å². The lowest BCUT2D eigenvalue weighted by atomic mass is 10.0. The van der Waals surface area contributed by atoms with E-state index < -0.39 is 0 Å². The quantitative estimate of drug-likeness (QED) is 0.581. The molecule has 1 N–H and O–H groups in total. The number of aryl methyl sites for hydroxylation is 1. The third kappa shape index (κ3) is 5.30. The lowest BCUT2D eigenvalue weighted by Crippen LogP contribution is -2.46. The summed E-state index contributed by atoms with van der Waals surface area (Å²) in [6.45, 7) is 7.73. The van der Waals surface area contributed by atoms with E-state index in [1.807, 2.05) is 85.0 Å². The maximum atomic E-state index is 12.8. The lowest BCUT2D eigenvalue weighted by molar-refractivity contribution is -0.121. The van der Waals surface area contributed by atoms with Crippen LogP contribution in [0.3, 0.4) is 0 Å². The average Bonchev–Trinajstić information content (AvgIpc) is 3.13. The van der Waals surface area contributed by atoms with Gasteiger partial charge in [-0.15, -0.1) is 0 Å². The zero-order chi connectivity index (χ0) is 24.1. The van der Waals surface area contributed by atoms with Crippen molar-refractivity contribution in [2.75, 3.05) is 19.7 Å². The second kappa shape index (κ2) is 10.5. The van der Waals surface area contributed by atoms with Gasteiger partial charge in [0, 0.05) is 36.0 Å². The fourth-order valence-electron chi connectivity index (χ4n) is 4.46. The van der Waals surface area contributed by atoms with Crippen LogP contribution in [0.5, 0.6) is 5.75 Å². The summed E-state index contributed by atoms with van der Waals surface area (Å²) in [5, 5.41) is 7.80. The predicted molar refractivity (Wildman–Crippen MR) is 131 cm³/mol. The zero-order valence-corrected chi connectivity index (χ0v) is 20.1. The van der Waals surface area contributed by atoms with Gasteiger partial charge in [0.1, 0.15) is 5.75 Å². The van der Waals surface area contributed by atoms with Gasteiger partial charge in [-0.05, 0) is 70.0 Å². The number of rotatable bonds is 7. The van der Waals surface area contributed by atoms with Crippen LogP contribution in [0.15, 0.2) is 54.6 Å². The second-order valence-electron chi connectivity index (χ2n) is 8.66. The largest absolute Gasteiger partial charge is 0.494 e. The minimum atomic E-state index is -0.00454. The van der Waals surface area contributed by atoms with E-state index in [0.29, 0.717) is 31.7 Å². The van der Waals surface area contributed by atoms with Gasteiger partial charge >= 0.3 is 0 Å². The van der Waals surface area contributed by atoms with Crippen LogP contribution in [-0.2, 0) is 11.2 Å². The summed E-state index contributed by atoms with van der Waals surface area (Å²) in [5.41, 5.74) is 4.46. The first-order valence-electron chi connectivity index (χ1n) is 11.9. The molecule has 0 aliphatic carbocycles. The minimum Gasteiger partial charge on any atom is -0.494 e. The van der Waals surface area contributed by atoms with Crippen molar-refractivity contribution in [3.05, 3.63) is 77.1 Å². The highest BCUT2D eigenvalue weighted by Gasteiger charge is 2.25. The fourth-order valence-corrected chi connectivity index (χ4v) is 4.46. The molecular formula is C27H32N4O3. The molecule has 1 fully saturated rings. The summed E-state index contributed by atoms with van der Waals surface area (Å²) >= 11 is 0. The molecule has 0 spiro atoms. The minimum absolute atomic E-state index is 0.00454. The number of piperidine rings is 1. The first kappa shape index (κ1) is 23.5. The van der Waals surface area contributed by atoms with Crippen LogP contribution in [0, 0.1) is 13.8 Å². The number of aromatic nitrogens is 2. The second-order valence-corrected chi connectivity index (χ2v) is 8.66. The van der Waals surface area contributed by atoms with Crippen LogP contribution >= 0.6 is 0 Å². The predicted octanol–water partition coefficient (Wildman–Crippen LogP) is 3.85. The van der Waals surface area contributed by atoms with Crippen molar-refractivity contribution in [1.29, 1.82) is 0 Å². The Hall–Kier alpha value is -3.61. The number of ether oxygens (including phenoxy) is 1. The molecule has 0 atom stereocenters. The summed E-state index contributed by atoms with van der Waals surface area (Å²) in [4.78, 5) is 27.5. The molecule has 0 radical (unpaired) electrons. The van der Waals surface area contributed by atoms with Crippen molar-refractivity contribution in [1.82, 2.24) is 20.0 Å². The highest BCUT2D eigenvalue weighted by atomic mass is 16.5. The van der Waals surface area contributed by atoms with Gasteiger partial charge in [0.15, 0.2) is 0 Å². The molecule has 2 aromatic carbocycles. The molecule has 0 unspecified atom stereocenters. The Bertz CT molecular complexity index is 1130. The number of likely N-dealkylation sites (tertiary alicyclic amines) is 1. The number of benzene rings is 2. The average molecular weight is 461 g/mol. The molecule has 7 nitrogen and oxygen atoms in total. The molecule has 1 aliphatic rings. The Labute approximate surface area is 200 Å². The van der Waals surface area contributed by atoms with Gasteiger partial charge in [-0.2, -0.15) is 5.10 Å². The number of hydrogen-bond donors (Lipinski definition) is 1. The third-order valence-electron chi connectivity index (χ3n) is 6.34. The van der Waals surface area contributed by atoms with Crippen LogP contribution in [0.2, 0.25) is 0 Å². The molecule has 2 heterocycles. The van der Waals surface area contributed by atoms with Gasteiger partial charge in [0.05, 0.1) is 24.4 Å². The number of nitrogens with one attached hydrogen (secondary N) is 1. The van der Waals surface area contributed by atoms with Crippen LogP contribution in [0.4, 0.5) is 0 Å². The zero-order valence-electron chi connectivity index (χ0n) is 20.1. The Balaban J connectivity index is 1.30. The van der Waals surface area contributed by atoms with E-state index in [0.717, 1.165) is 41.2 Å². The Kier molecular flexibility index (Phi) is 7.30. The van der Waals surface area contributed by atoms with Crippen molar-refractivity contribution >= 4 is 11.8 Å². The molecule has 7 heteroatoms. The summed E-state index contributed by atoms with van der Waals surface area (Å²) in [6, 6.07) is 17.3. The smallest absolute Gasteiger partial charge is 0.253 e. The van der Waals surface area contributed by atoms with Crippen molar-refractivity contribution in [2.24, 2.45) is 0 Å². The lowest BCUT2D eigenvalue weighted by Gasteiger charge is -2.32. The SMILES string of the molecule is CCOc1ccc(C(=O)N2CCC(NC(=O)Cc3c(C)nn(-c4ccccc4)c3C)CC2)cc1. The van der Waals surface area contributed by atoms with Crippen LogP contribution in [-0.4, -0.2) is 52.2 Å². The number of amides is 2. The maximum Gasteiger partial charge on any atom is 0.253 e. The number of carbonyl (C=O) groups is 2. The molecule has 178 valence electrons. The number of carbonyl (C=O) groups excluding carboxylic acids is 2. The van der Waals surface area contributed by atoms with Crippen molar-refractivity contribution < 1.29 is 14.3 Å². The molecule has 1 aromatic heterocycles. The van der Waals surface area contributed by atoms with Crippen molar-refractivity contribution in [3.8, 4) is 11.4 Å². The Morgan fingerprint density at radius 2 is 1.71 bits per heavy atom. The fraction of sp³-hybridized carbons (Fsp3) is 0.370. The molecule has 2 amide bonds. The molecule has 1 saturated heterocycles. The molecule has 1 aliphatic heterocycles. The molecule has 4 rings (SSSR count). The maximum absolute atomic E-state index is 12.8. The van der Waals surface area contributed by atoms with Crippen LogP contribution in [0.25, 0.3) is 5.69 Å². The van der Waals surface area contributed by atoms with E-state index in [-0.39, 0.29) is 17.9 Å². The van der Waals surface area contributed by atoms with Gasteiger partial charge in [0.25, 0.3) is 5.91 Å². The van der Waals surface area contributed by atoms with E-state index in [4.69, 9.17) is 4.74 Å². The molecule has 0 bridgehead atoms. The van der Waals surface area contributed by atoms with Gasteiger partial charge in [-0.25, -0.2) is 4.68 Å². The van der Waals surface area contributed by atoms with Gasteiger partial charge in [-0.3, -0.25) is 9.59 Å². The molecule has 0 saturated carbocycles. The van der Waals surface area contributed by atoms with Gasteiger partial charge in [0.2, 0.25) is 5.91 Å². The Morgan fingerprint density at radius 1 is 1.03 bits per heavy atom. The van der Waals surface area contributed by atoms with E-state index in [9.17, 15) is 9.59 Å². The standard InChI is InChI=1S/C27H32N4O3/c1-4-34-24-12-10-21(11-13-24)27(33)30-16-14-22(15-17-30)28-26(32)18-25-19(2)29-31(20(25)3)23-8-6-5-7-9-23/h5-13,22H,4,14-18H2,1-3H3,(H,28,32). The molecule has 34 heavy (non-hydrogen) atoms. The van der Waals surface area contributed by atoms with Gasteiger partial charge in [-0.1, -0.05) is 18.2 Å². The van der Waals surface area contributed by atoms with E-state index in [1.54, 1.807) is 0 Å². The van der Waals surface area contributed by atoms with E-state index >= 15 is 0 Å². The number of nitrogens with zero attached hydrogens (tertiary/aromatic N) is 3. The summed E-state index contributed by atoms with van der Waals surface area (Å²) < 4.78 is 7.34. The first-order chi connectivity index (χ1) is 16.5. The highest BCUT2D eigenvalue weighted by molar-refractivity contribution is 5.94. The number of hydrogen-bond acceptors (Lipinski definition) is 4. The van der Waals surface area contributed by atoms with Crippen LogP contribution in [0.1, 0.15) is 47.1 Å². The summed E-state index contributed by atoms with van der Waals surface area (Å²) in [6.07, 6.45) is 1.79. The van der Waals surface area contributed by atoms with Crippen molar-refractivity contribution in [3.63, 3.8) is 0 Å². The normalized spacial score (nSPS) is 14.1. The monoisotopic (exact) mass is 460 g/mol. The summed E-state index contributed by atoms with van der Waals surface area (Å²) in [5.74, 6) is 0.780. The topological polar surface area (TPSA) is 76.5 Å². The van der Waals surface area contributed by atoms with Gasteiger partial charge < -0.3 is 15.0 Å². The number of para-hydroxylation sites is 1. The third-order valence-corrected chi connectivity index (χ3v) is 6.34. The van der Waals surface area contributed by atoms with Crippen molar-refractivity contribution in [2.45, 2.75) is 46.1 Å². The van der Waals surface area contributed by atoms with E-state index in [2.05, 4.69) is 10.4 Å². The van der Waals surface area contributed by atoms with Crippen LogP contribution < -0.4 is 10.1 Å². The first-order valence-corrected chi connectivity index (χ1v) is 11.9.